The van der Waals surface area contributed by atoms with Gasteiger partial charge >= 0.3 is 5.97 Å². The molecule has 0 aliphatic carbocycles. The third-order valence-corrected chi connectivity index (χ3v) is 7.42. The molecular formula is C32H48N4O5. The maximum Gasteiger partial charge on any atom is 0.303 e. The lowest BCUT2D eigenvalue weighted by atomic mass is 10.0. The zero-order valence-corrected chi connectivity index (χ0v) is 24.6. The number of nitrogens with zero attached hydrogens (tertiary/aromatic N) is 3. The topological polar surface area (TPSA) is 134 Å². The number of hydrogen-bond acceptors (Lipinski definition) is 5. The summed E-state index contributed by atoms with van der Waals surface area (Å²) in [5.41, 5.74) is 6.08. The van der Waals surface area contributed by atoms with Crippen LogP contribution in [0.3, 0.4) is 0 Å². The van der Waals surface area contributed by atoms with E-state index in [0.717, 1.165) is 31.1 Å². The Morgan fingerprint density at radius 3 is 2.10 bits per heavy atom. The van der Waals surface area contributed by atoms with Gasteiger partial charge in [0.15, 0.2) is 0 Å². The van der Waals surface area contributed by atoms with Crippen molar-refractivity contribution in [3.8, 4) is 0 Å². The summed E-state index contributed by atoms with van der Waals surface area (Å²) in [6, 6.07) is 10.1. The van der Waals surface area contributed by atoms with E-state index in [1.807, 2.05) is 30.3 Å². The lowest BCUT2D eigenvalue weighted by Crippen LogP contribution is -2.50. The van der Waals surface area contributed by atoms with Crippen molar-refractivity contribution < 1.29 is 24.3 Å². The molecule has 3 amide bonds. The third kappa shape index (κ3) is 12.7. The lowest BCUT2D eigenvalue weighted by Gasteiger charge is -2.32. The van der Waals surface area contributed by atoms with E-state index < -0.39 is 17.9 Å². The summed E-state index contributed by atoms with van der Waals surface area (Å²) < 4.78 is 0. The zero-order chi connectivity index (χ0) is 29.9. The average molecular weight is 569 g/mol. The molecule has 41 heavy (non-hydrogen) atoms. The normalized spacial score (nSPS) is 11.7. The number of rotatable bonds is 23. The molecule has 0 spiro atoms. The van der Waals surface area contributed by atoms with Gasteiger partial charge in [0.2, 0.25) is 18.2 Å². The van der Waals surface area contributed by atoms with Crippen LogP contribution in [0.1, 0.15) is 103 Å². The van der Waals surface area contributed by atoms with E-state index in [-0.39, 0.29) is 38.1 Å². The van der Waals surface area contributed by atoms with Crippen molar-refractivity contribution in [3.05, 3.63) is 36.4 Å². The van der Waals surface area contributed by atoms with Gasteiger partial charge in [0.05, 0.1) is 5.52 Å². The molecule has 9 nitrogen and oxygen atoms in total. The van der Waals surface area contributed by atoms with Crippen LogP contribution in [-0.2, 0) is 19.2 Å². The van der Waals surface area contributed by atoms with Crippen molar-refractivity contribution in [2.75, 3.05) is 18.0 Å². The standard InChI is InChI=1S/C32H48N4O5/c1-2-3-4-5-6-7-8-9-10-11-14-23-35(24-22-29(33)38)32(41)28(18-15-19-31(39)40)36(25-37)30-21-20-26-16-12-13-17-27(26)34-30/h12-13,16-17,20-21,25,28H,2-11,14-15,18-19,22-24H2,1H3,(H2,33,38)(H,39,40)/t28-/m0/s1. The first-order valence-electron chi connectivity index (χ1n) is 15.3. The molecule has 3 N–H and O–H groups in total. The number of carbonyl (C=O) groups excluding carboxylic acids is 3. The van der Waals surface area contributed by atoms with Gasteiger partial charge in [0.1, 0.15) is 11.9 Å². The van der Waals surface area contributed by atoms with E-state index >= 15 is 0 Å². The quantitative estimate of drug-likeness (QED) is 0.128. The van der Waals surface area contributed by atoms with E-state index in [9.17, 15) is 24.3 Å². The summed E-state index contributed by atoms with van der Waals surface area (Å²) >= 11 is 0. The molecule has 2 rings (SSSR count). The van der Waals surface area contributed by atoms with Gasteiger partial charge in [-0.25, -0.2) is 4.98 Å². The fourth-order valence-corrected chi connectivity index (χ4v) is 5.07. The fourth-order valence-electron chi connectivity index (χ4n) is 5.07. The zero-order valence-electron chi connectivity index (χ0n) is 24.6. The number of carboxylic acid groups (broad SMARTS) is 1. The maximum absolute atomic E-state index is 13.9. The number of hydrogen-bond donors (Lipinski definition) is 2. The highest BCUT2D eigenvalue weighted by atomic mass is 16.4. The Balaban J connectivity index is 2.07. The second-order valence-corrected chi connectivity index (χ2v) is 10.8. The lowest BCUT2D eigenvalue weighted by molar-refractivity contribution is -0.138. The molecule has 226 valence electrons. The van der Waals surface area contributed by atoms with Gasteiger partial charge in [-0.3, -0.25) is 24.1 Å². The highest BCUT2D eigenvalue weighted by Gasteiger charge is 2.31. The SMILES string of the molecule is CCCCCCCCCCCCCN(CCC(N)=O)C(=O)[C@H](CCCC(=O)O)N(C=O)c1ccc2ccccc2n1. The first kappa shape index (κ1) is 33.7. The van der Waals surface area contributed by atoms with E-state index in [2.05, 4.69) is 11.9 Å². The minimum atomic E-state index is -0.968. The molecule has 0 aliphatic rings. The second-order valence-electron chi connectivity index (χ2n) is 10.8. The molecule has 0 bridgehead atoms. The summed E-state index contributed by atoms with van der Waals surface area (Å²) in [5, 5.41) is 10.1. The van der Waals surface area contributed by atoms with Gasteiger partial charge in [-0.1, -0.05) is 89.3 Å². The summed E-state index contributed by atoms with van der Waals surface area (Å²) in [6.45, 7) is 2.82. The van der Waals surface area contributed by atoms with E-state index in [0.29, 0.717) is 24.3 Å². The van der Waals surface area contributed by atoms with Crippen LogP contribution in [0.25, 0.3) is 10.9 Å². The van der Waals surface area contributed by atoms with Crippen molar-refractivity contribution in [2.24, 2.45) is 5.73 Å². The number of aliphatic carboxylic acids is 1. The summed E-state index contributed by atoms with van der Waals surface area (Å²) in [6.07, 6.45) is 13.8. The predicted octanol–water partition coefficient (Wildman–Crippen LogP) is 5.84. The van der Waals surface area contributed by atoms with Gasteiger partial charge in [0.25, 0.3) is 0 Å². The Bertz CT molecular complexity index is 1090. The van der Waals surface area contributed by atoms with Crippen molar-refractivity contribution in [1.82, 2.24) is 9.88 Å². The second kappa shape index (κ2) is 19.6. The third-order valence-electron chi connectivity index (χ3n) is 7.42. The fraction of sp³-hybridized carbons (Fsp3) is 0.594. The predicted molar refractivity (Wildman–Crippen MR) is 162 cm³/mol. The van der Waals surface area contributed by atoms with Crippen molar-refractivity contribution in [2.45, 2.75) is 109 Å². The van der Waals surface area contributed by atoms with Crippen LogP contribution in [0, 0.1) is 0 Å². The van der Waals surface area contributed by atoms with E-state index in [1.54, 1.807) is 11.0 Å². The molecule has 0 fully saturated rings. The molecule has 0 saturated carbocycles. The van der Waals surface area contributed by atoms with E-state index in [1.165, 1.54) is 49.8 Å². The number of carbonyl (C=O) groups is 4. The Hall–Kier alpha value is -3.49. The summed E-state index contributed by atoms with van der Waals surface area (Å²) in [4.78, 5) is 56.5. The number of aromatic nitrogens is 1. The summed E-state index contributed by atoms with van der Waals surface area (Å²) in [5.74, 6) is -1.49. The van der Waals surface area contributed by atoms with Crippen LogP contribution in [0.15, 0.2) is 36.4 Å². The average Bonchev–Trinajstić information content (AvgIpc) is 2.96. The maximum atomic E-state index is 13.9. The van der Waals surface area contributed by atoms with Crippen LogP contribution < -0.4 is 10.6 Å². The number of unbranched alkanes of at least 4 members (excludes halogenated alkanes) is 10. The molecule has 1 atom stereocenters. The first-order chi connectivity index (χ1) is 19.9. The number of nitrogens with two attached hydrogens (primary N) is 1. The minimum absolute atomic E-state index is 0.0148. The molecule has 1 aromatic heterocycles. The van der Waals surface area contributed by atoms with Gasteiger partial charge in [-0.2, -0.15) is 0 Å². The molecule has 1 aromatic carbocycles. The number of benzene rings is 1. The monoisotopic (exact) mass is 568 g/mol. The van der Waals surface area contributed by atoms with Crippen LogP contribution in [0.4, 0.5) is 5.82 Å². The molecule has 0 radical (unpaired) electrons. The Labute approximate surface area is 244 Å². The van der Waals surface area contributed by atoms with Gasteiger partial charge in [-0.15, -0.1) is 0 Å². The van der Waals surface area contributed by atoms with Gasteiger partial charge < -0.3 is 15.7 Å². The van der Waals surface area contributed by atoms with Crippen LogP contribution in [0.5, 0.6) is 0 Å². The smallest absolute Gasteiger partial charge is 0.303 e. The Kier molecular flexibility index (Phi) is 16.1. The molecule has 0 aliphatic heterocycles. The first-order valence-corrected chi connectivity index (χ1v) is 15.3. The Morgan fingerprint density at radius 2 is 1.49 bits per heavy atom. The minimum Gasteiger partial charge on any atom is -0.481 e. The Morgan fingerprint density at radius 1 is 0.854 bits per heavy atom. The molecular weight excluding hydrogens is 520 g/mol. The van der Waals surface area contributed by atoms with Crippen molar-refractivity contribution >= 4 is 40.9 Å². The van der Waals surface area contributed by atoms with Crippen LogP contribution in [-0.4, -0.2) is 58.3 Å². The van der Waals surface area contributed by atoms with Crippen molar-refractivity contribution in [1.29, 1.82) is 0 Å². The largest absolute Gasteiger partial charge is 0.481 e. The molecule has 2 aromatic rings. The number of para-hydroxylation sites is 1. The number of pyridine rings is 1. The van der Waals surface area contributed by atoms with E-state index in [4.69, 9.17) is 5.73 Å². The van der Waals surface area contributed by atoms with Crippen LogP contribution in [0.2, 0.25) is 0 Å². The highest BCUT2D eigenvalue weighted by Crippen LogP contribution is 2.22. The molecule has 0 saturated heterocycles. The van der Waals surface area contributed by atoms with Crippen LogP contribution >= 0.6 is 0 Å². The van der Waals surface area contributed by atoms with Crippen molar-refractivity contribution in [3.63, 3.8) is 0 Å². The number of fused-ring (bicyclic) bond motifs is 1. The number of amides is 3. The molecule has 1 heterocycles. The molecule has 9 heteroatoms. The summed E-state index contributed by atoms with van der Waals surface area (Å²) in [7, 11) is 0. The number of primary amides is 1. The van der Waals surface area contributed by atoms with Gasteiger partial charge in [0, 0.05) is 31.3 Å². The highest BCUT2D eigenvalue weighted by molar-refractivity contribution is 5.93. The number of anilines is 1. The number of carboxylic acids is 1. The molecule has 0 unspecified atom stereocenters. The van der Waals surface area contributed by atoms with Gasteiger partial charge in [-0.05, 0) is 37.5 Å².